The van der Waals surface area contributed by atoms with Gasteiger partial charge in [-0.1, -0.05) is 23.4 Å². The first-order valence-electron chi connectivity index (χ1n) is 11.1. The van der Waals surface area contributed by atoms with Gasteiger partial charge < -0.3 is 14.0 Å². The molecule has 0 saturated carbocycles. The molecule has 174 valence electrons. The maximum atomic E-state index is 13.5. The topological polar surface area (TPSA) is 75.4 Å². The van der Waals surface area contributed by atoms with Crippen molar-refractivity contribution in [3.05, 3.63) is 58.2 Å². The van der Waals surface area contributed by atoms with E-state index in [0.717, 1.165) is 19.3 Å². The normalized spacial score (nSPS) is 13.7. The summed E-state index contributed by atoms with van der Waals surface area (Å²) in [7, 11) is 4.95. The van der Waals surface area contributed by atoms with Crippen molar-refractivity contribution in [2.24, 2.45) is 7.05 Å². The molecule has 0 spiro atoms. The summed E-state index contributed by atoms with van der Waals surface area (Å²) in [5.41, 5.74) is 2.41. The number of aryl methyl sites for hydroxylation is 1. The van der Waals surface area contributed by atoms with E-state index in [1.54, 1.807) is 41.6 Å². The van der Waals surface area contributed by atoms with Crippen molar-refractivity contribution in [2.45, 2.75) is 43.8 Å². The van der Waals surface area contributed by atoms with Crippen molar-refractivity contribution >= 4 is 28.4 Å². The predicted molar refractivity (Wildman–Crippen MR) is 131 cm³/mol. The third-order valence-electron chi connectivity index (χ3n) is 6.03. The number of ketones is 1. The lowest BCUT2D eigenvalue weighted by molar-refractivity contribution is 0.101. The van der Waals surface area contributed by atoms with Crippen LogP contribution in [0.5, 0.6) is 11.5 Å². The lowest BCUT2D eigenvalue weighted by Gasteiger charge is -2.17. The molecular formula is C25H29N3O4S. The third-order valence-corrected chi connectivity index (χ3v) is 7.00. The number of benzene rings is 1. The van der Waals surface area contributed by atoms with Crippen LogP contribution in [-0.4, -0.2) is 39.9 Å². The number of carbonyl (C=O) groups excluding carboxylic acids is 1. The summed E-state index contributed by atoms with van der Waals surface area (Å²) >= 11 is 1.30. The SMILES string of the molecule is COc1cc2nc(SCC(=O)c3cccn3C)n(CCC3=CCCCC3)c(=O)c2cc1OC. The van der Waals surface area contributed by atoms with Crippen molar-refractivity contribution in [1.29, 1.82) is 0 Å². The van der Waals surface area contributed by atoms with E-state index < -0.39 is 0 Å². The number of rotatable bonds is 9. The Morgan fingerprint density at radius 1 is 1.18 bits per heavy atom. The van der Waals surface area contributed by atoms with Gasteiger partial charge in [0.2, 0.25) is 0 Å². The standard InChI is InChI=1S/C25H29N3O4S/c1-27-12-7-10-20(27)21(29)16-33-25-26-19-15-23(32-3)22(31-2)14-18(19)24(30)28(25)13-11-17-8-5-4-6-9-17/h7-8,10,12,14-15H,4-6,9,11,13,16H2,1-3H3. The second-order valence-electron chi connectivity index (χ2n) is 8.15. The van der Waals surface area contributed by atoms with Gasteiger partial charge >= 0.3 is 0 Å². The molecule has 1 aliphatic rings. The van der Waals surface area contributed by atoms with Crippen LogP contribution >= 0.6 is 11.8 Å². The number of thioether (sulfide) groups is 1. The van der Waals surface area contributed by atoms with Gasteiger partial charge in [-0.25, -0.2) is 4.98 Å². The van der Waals surface area contributed by atoms with E-state index in [-0.39, 0.29) is 17.1 Å². The Balaban J connectivity index is 1.70. The largest absolute Gasteiger partial charge is 0.493 e. The molecule has 0 fully saturated rings. The van der Waals surface area contributed by atoms with Crippen LogP contribution in [0, 0.1) is 0 Å². The van der Waals surface area contributed by atoms with Gasteiger partial charge in [0.05, 0.1) is 36.6 Å². The summed E-state index contributed by atoms with van der Waals surface area (Å²) in [5.74, 6) is 1.20. The number of hydrogen-bond acceptors (Lipinski definition) is 6. The Hall–Kier alpha value is -3.00. The fourth-order valence-electron chi connectivity index (χ4n) is 4.18. The minimum absolute atomic E-state index is 0.00398. The zero-order chi connectivity index (χ0) is 23.4. The third kappa shape index (κ3) is 5.00. The minimum atomic E-state index is -0.133. The highest BCUT2D eigenvalue weighted by Crippen LogP contribution is 2.31. The molecule has 3 aromatic rings. The fourth-order valence-corrected chi connectivity index (χ4v) is 5.08. The number of Topliss-reactive ketones (excluding diaryl/α,β-unsaturated/α-hetero) is 1. The molecule has 0 radical (unpaired) electrons. The summed E-state index contributed by atoms with van der Waals surface area (Å²) < 4.78 is 14.3. The van der Waals surface area contributed by atoms with E-state index in [4.69, 9.17) is 14.5 Å². The first-order chi connectivity index (χ1) is 16.0. The Labute approximate surface area is 197 Å². The quantitative estimate of drug-likeness (QED) is 0.198. The van der Waals surface area contributed by atoms with Crippen LogP contribution in [-0.2, 0) is 13.6 Å². The van der Waals surface area contributed by atoms with E-state index in [1.807, 2.05) is 19.3 Å². The van der Waals surface area contributed by atoms with Crippen LogP contribution in [0.1, 0.15) is 42.6 Å². The summed E-state index contributed by atoms with van der Waals surface area (Å²) in [4.78, 5) is 31.0. The van der Waals surface area contributed by atoms with Gasteiger partial charge in [-0.3, -0.25) is 14.2 Å². The van der Waals surface area contributed by atoms with E-state index in [0.29, 0.717) is 39.8 Å². The van der Waals surface area contributed by atoms with Crippen LogP contribution in [0.15, 0.2) is 52.1 Å². The molecule has 0 unspecified atom stereocenters. The highest BCUT2D eigenvalue weighted by atomic mass is 32.2. The van der Waals surface area contributed by atoms with Crippen LogP contribution in [0.3, 0.4) is 0 Å². The monoisotopic (exact) mass is 467 g/mol. The van der Waals surface area contributed by atoms with Crippen molar-refractivity contribution in [1.82, 2.24) is 14.1 Å². The number of carbonyl (C=O) groups is 1. The lowest BCUT2D eigenvalue weighted by atomic mass is 9.97. The van der Waals surface area contributed by atoms with Crippen molar-refractivity contribution in [2.75, 3.05) is 20.0 Å². The van der Waals surface area contributed by atoms with Crippen LogP contribution in [0.4, 0.5) is 0 Å². The average molecular weight is 468 g/mol. The molecule has 0 N–H and O–H groups in total. The Bertz CT molecular complexity index is 1260. The molecule has 0 bridgehead atoms. The van der Waals surface area contributed by atoms with Crippen LogP contribution in [0.25, 0.3) is 10.9 Å². The van der Waals surface area contributed by atoms with Crippen molar-refractivity contribution in [3.63, 3.8) is 0 Å². The zero-order valence-electron chi connectivity index (χ0n) is 19.3. The number of methoxy groups -OCH3 is 2. The van der Waals surface area contributed by atoms with Crippen molar-refractivity contribution < 1.29 is 14.3 Å². The molecule has 1 aromatic carbocycles. The van der Waals surface area contributed by atoms with Gasteiger partial charge in [-0.05, 0) is 50.3 Å². The maximum Gasteiger partial charge on any atom is 0.262 e. The Morgan fingerprint density at radius 3 is 2.64 bits per heavy atom. The van der Waals surface area contributed by atoms with E-state index in [1.165, 1.54) is 30.2 Å². The summed E-state index contributed by atoms with van der Waals surface area (Å²) in [6.07, 6.45) is 9.55. The maximum absolute atomic E-state index is 13.5. The molecule has 33 heavy (non-hydrogen) atoms. The average Bonchev–Trinajstić information content (AvgIpc) is 3.27. The molecule has 1 aliphatic carbocycles. The number of hydrogen-bond donors (Lipinski definition) is 0. The summed E-state index contributed by atoms with van der Waals surface area (Å²) in [6, 6.07) is 7.05. The van der Waals surface area contributed by atoms with Gasteiger partial charge in [0.1, 0.15) is 0 Å². The summed E-state index contributed by atoms with van der Waals surface area (Å²) in [5, 5.41) is 1.02. The van der Waals surface area contributed by atoms with Gasteiger partial charge in [0.15, 0.2) is 22.4 Å². The minimum Gasteiger partial charge on any atom is -0.493 e. The zero-order valence-corrected chi connectivity index (χ0v) is 20.1. The van der Waals surface area contributed by atoms with Gasteiger partial charge in [-0.2, -0.15) is 0 Å². The number of allylic oxidation sites excluding steroid dienone is 2. The highest BCUT2D eigenvalue weighted by molar-refractivity contribution is 7.99. The number of fused-ring (bicyclic) bond motifs is 1. The molecule has 2 aromatic heterocycles. The molecule has 0 amide bonds. The molecule has 7 nitrogen and oxygen atoms in total. The van der Waals surface area contributed by atoms with Crippen LogP contribution < -0.4 is 15.0 Å². The molecule has 0 atom stereocenters. The number of aromatic nitrogens is 3. The molecule has 2 heterocycles. The predicted octanol–water partition coefficient (Wildman–Crippen LogP) is 4.62. The molecular weight excluding hydrogens is 438 g/mol. The second kappa shape index (κ2) is 10.3. The fraction of sp³-hybridized carbons (Fsp3) is 0.400. The van der Waals surface area contributed by atoms with Crippen LogP contribution in [0.2, 0.25) is 0 Å². The molecule has 0 saturated heterocycles. The first kappa shape index (κ1) is 23.2. The number of nitrogens with zero attached hydrogens (tertiary/aromatic N) is 3. The van der Waals surface area contributed by atoms with E-state index >= 15 is 0 Å². The van der Waals surface area contributed by atoms with Gasteiger partial charge in [0.25, 0.3) is 5.56 Å². The van der Waals surface area contributed by atoms with Gasteiger partial charge in [-0.15, -0.1) is 0 Å². The second-order valence-corrected chi connectivity index (χ2v) is 9.09. The smallest absolute Gasteiger partial charge is 0.262 e. The molecule has 4 rings (SSSR count). The molecule has 0 aliphatic heterocycles. The molecule has 8 heteroatoms. The number of ether oxygens (including phenoxy) is 2. The Kier molecular flexibility index (Phi) is 7.23. The highest BCUT2D eigenvalue weighted by Gasteiger charge is 2.18. The Morgan fingerprint density at radius 2 is 1.97 bits per heavy atom. The lowest BCUT2D eigenvalue weighted by Crippen LogP contribution is -2.24. The van der Waals surface area contributed by atoms with E-state index in [2.05, 4.69) is 6.08 Å². The summed E-state index contributed by atoms with van der Waals surface area (Å²) in [6.45, 7) is 0.530. The first-order valence-corrected chi connectivity index (χ1v) is 12.1. The van der Waals surface area contributed by atoms with Crippen molar-refractivity contribution in [3.8, 4) is 11.5 Å². The van der Waals surface area contributed by atoms with E-state index in [9.17, 15) is 9.59 Å². The van der Waals surface area contributed by atoms with Gasteiger partial charge in [0, 0.05) is 25.9 Å².